The zero-order valence-electron chi connectivity index (χ0n) is 18.2. The van der Waals surface area contributed by atoms with E-state index in [-0.39, 0.29) is 11.5 Å². The highest BCUT2D eigenvalue weighted by atomic mass is 19.4. The van der Waals surface area contributed by atoms with Crippen molar-refractivity contribution in [2.75, 3.05) is 13.7 Å². The van der Waals surface area contributed by atoms with E-state index < -0.39 is 12.1 Å². The standard InChI is InChI=1S/C21H18N4O3.C2HF3O2/c1-27-16-3-5-19-13(7-16)6-14(11-28-19)20-24-18-8-12(15-9-22-23-10-15)2-4-17(18)21(26)25-20;3-2(4,5)1(6)7/h2-5,7-10,14H,6,11H2,1H3,(H,22,23)(H,24,25,26);(H,6,7). The number of halogens is 3. The third kappa shape index (κ3) is 5.26. The first-order valence-electron chi connectivity index (χ1n) is 10.3. The van der Waals surface area contributed by atoms with Crippen molar-refractivity contribution < 1.29 is 32.5 Å². The second-order valence-corrected chi connectivity index (χ2v) is 7.66. The van der Waals surface area contributed by atoms with Crippen LogP contribution in [0, 0.1) is 0 Å². The third-order valence-electron chi connectivity index (χ3n) is 5.36. The van der Waals surface area contributed by atoms with Crippen LogP contribution in [0.2, 0.25) is 0 Å². The summed E-state index contributed by atoms with van der Waals surface area (Å²) in [5, 5.41) is 14.5. The van der Waals surface area contributed by atoms with E-state index in [1.807, 2.05) is 36.5 Å². The summed E-state index contributed by atoms with van der Waals surface area (Å²) in [7, 11) is 1.64. The van der Waals surface area contributed by atoms with Crippen LogP contribution in [-0.2, 0) is 11.2 Å². The number of nitrogens with zero attached hydrogens (tertiary/aromatic N) is 2. The number of methoxy groups -OCH3 is 1. The SMILES string of the molecule is COc1ccc2c(c1)CC(c1nc3cc(-c4cn[nH]c4)ccc3c(=O)[nH]1)CO2.O=C(O)C(F)(F)F. The Hall–Kier alpha value is -4.35. The highest BCUT2D eigenvalue weighted by Crippen LogP contribution is 2.34. The molecule has 0 spiro atoms. The van der Waals surface area contributed by atoms with Gasteiger partial charge in [0.1, 0.15) is 17.3 Å². The van der Waals surface area contributed by atoms with E-state index >= 15 is 0 Å². The van der Waals surface area contributed by atoms with Gasteiger partial charge in [-0.2, -0.15) is 18.3 Å². The number of aliphatic carboxylic acids is 1. The lowest BCUT2D eigenvalue weighted by Gasteiger charge is -2.25. The van der Waals surface area contributed by atoms with Gasteiger partial charge in [-0.1, -0.05) is 6.07 Å². The highest BCUT2D eigenvalue weighted by Gasteiger charge is 2.38. The molecule has 2 aromatic heterocycles. The second-order valence-electron chi connectivity index (χ2n) is 7.66. The number of aromatic nitrogens is 4. The molecule has 4 aromatic rings. The number of carboxylic acid groups (broad SMARTS) is 1. The number of alkyl halides is 3. The minimum absolute atomic E-state index is 0.0331. The average molecular weight is 488 g/mol. The molecule has 1 unspecified atom stereocenters. The van der Waals surface area contributed by atoms with Crippen molar-refractivity contribution in [3.8, 4) is 22.6 Å². The minimum Gasteiger partial charge on any atom is -0.497 e. The van der Waals surface area contributed by atoms with E-state index in [0.29, 0.717) is 23.3 Å². The molecule has 182 valence electrons. The van der Waals surface area contributed by atoms with Crippen LogP contribution < -0.4 is 15.0 Å². The van der Waals surface area contributed by atoms with Gasteiger partial charge >= 0.3 is 12.1 Å². The summed E-state index contributed by atoms with van der Waals surface area (Å²) >= 11 is 0. The second kappa shape index (κ2) is 9.49. The Morgan fingerprint density at radius 3 is 2.63 bits per heavy atom. The molecule has 1 aliphatic rings. The monoisotopic (exact) mass is 488 g/mol. The molecule has 0 bridgehead atoms. The first-order valence-corrected chi connectivity index (χ1v) is 10.3. The van der Waals surface area contributed by atoms with Crippen LogP contribution in [0.15, 0.2) is 53.6 Å². The topological polar surface area (TPSA) is 130 Å². The van der Waals surface area contributed by atoms with Crippen LogP contribution >= 0.6 is 0 Å². The molecule has 5 rings (SSSR count). The fourth-order valence-corrected chi connectivity index (χ4v) is 3.61. The lowest BCUT2D eigenvalue weighted by molar-refractivity contribution is -0.192. The number of hydrogen-bond donors (Lipinski definition) is 3. The van der Waals surface area contributed by atoms with Crippen LogP contribution in [0.25, 0.3) is 22.0 Å². The molecule has 0 aliphatic carbocycles. The van der Waals surface area contributed by atoms with Crippen molar-refractivity contribution in [3.05, 3.63) is 70.5 Å². The Labute approximate surface area is 195 Å². The number of ether oxygens (including phenoxy) is 2. The Balaban J connectivity index is 0.000000364. The van der Waals surface area contributed by atoms with Crippen molar-refractivity contribution in [2.45, 2.75) is 18.5 Å². The lowest BCUT2D eigenvalue weighted by atomic mass is 9.95. The number of fused-ring (bicyclic) bond motifs is 2. The predicted molar refractivity (Wildman–Crippen MR) is 119 cm³/mol. The molecule has 0 amide bonds. The van der Waals surface area contributed by atoms with Crippen LogP contribution in [0.3, 0.4) is 0 Å². The Morgan fingerprint density at radius 2 is 1.97 bits per heavy atom. The van der Waals surface area contributed by atoms with Crippen LogP contribution in [0.5, 0.6) is 11.5 Å². The van der Waals surface area contributed by atoms with Gasteiger partial charge in [0.05, 0.1) is 36.7 Å². The first-order chi connectivity index (χ1) is 16.7. The molecule has 12 heteroatoms. The molecule has 0 fully saturated rings. The predicted octanol–water partition coefficient (Wildman–Crippen LogP) is 3.67. The van der Waals surface area contributed by atoms with Crippen molar-refractivity contribution >= 4 is 16.9 Å². The summed E-state index contributed by atoms with van der Waals surface area (Å²) in [6, 6.07) is 11.4. The normalized spacial score (nSPS) is 14.9. The smallest absolute Gasteiger partial charge is 0.490 e. The average Bonchev–Trinajstić information content (AvgIpc) is 3.38. The van der Waals surface area contributed by atoms with Crippen molar-refractivity contribution in [3.63, 3.8) is 0 Å². The van der Waals surface area contributed by atoms with Crippen LogP contribution in [0.4, 0.5) is 13.2 Å². The maximum Gasteiger partial charge on any atom is 0.490 e. The number of nitrogens with one attached hydrogen (secondary N) is 2. The molecule has 0 saturated carbocycles. The summed E-state index contributed by atoms with van der Waals surface area (Å²) in [6.45, 7) is 0.467. The van der Waals surface area contributed by atoms with E-state index in [0.717, 1.165) is 34.6 Å². The van der Waals surface area contributed by atoms with E-state index in [9.17, 15) is 18.0 Å². The summed E-state index contributed by atoms with van der Waals surface area (Å²) in [6.07, 6.45) is -0.800. The number of hydrogen-bond acceptors (Lipinski definition) is 6. The summed E-state index contributed by atoms with van der Waals surface area (Å²) in [5.41, 5.74) is 3.47. The van der Waals surface area contributed by atoms with Crippen LogP contribution in [0.1, 0.15) is 17.3 Å². The Bertz CT molecular complexity index is 1420. The summed E-state index contributed by atoms with van der Waals surface area (Å²) in [5.74, 6) is -0.521. The highest BCUT2D eigenvalue weighted by molar-refractivity contribution is 5.83. The van der Waals surface area contributed by atoms with Gasteiger partial charge in [0.15, 0.2) is 0 Å². The molecule has 0 radical (unpaired) electrons. The zero-order valence-corrected chi connectivity index (χ0v) is 18.2. The summed E-state index contributed by atoms with van der Waals surface area (Å²) < 4.78 is 42.9. The fourth-order valence-electron chi connectivity index (χ4n) is 3.61. The van der Waals surface area contributed by atoms with Gasteiger partial charge in [0.25, 0.3) is 5.56 Å². The molecule has 1 atom stereocenters. The largest absolute Gasteiger partial charge is 0.497 e. The zero-order chi connectivity index (χ0) is 25.2. The molecule has 35 heavy (non-hydrogen) atoms. The molecule has 0 saturated heterocycles. The number of rotatable bonds is 3. The van der Waals surface area contributed by atoms with Crippen molar-refractivity contribution in [1.82, 2.24) is 20.2 Å². The minimum atomic E-state index is -5.08. The van der Waals surface area contributed by atoms with E-state index in [4.69, 9.17) is 24.4 Å². The first kappa shape index (κ1) is 23.8. The molecular formula is C23H19F3N4O5. The maximum absolute atomic E-state index is 12.6. The lowest BCUT2D eigenvalue weighted by Crippen LogP contribution is -2.24. The quantitative estimate of drug-likeness (QED) is 0.401. The van der Waals surface area contributed by atoms with E-state index in [1.165, 1.54) is 0 Å². The third-order valence-corrected chi connectivity index (χ3v) is 5.36. The molecular weight excluding hydrogens is 469 g/mol. The van der Waals surface area contributed by atoms with Gasteiger partial charge in [-0.3, -0.25) is 9.89 Å². The molecule has 9 nitrogen and oxygen atoms in total. The number of H-pyrrole nitrogens is 2. The summed E-state index contributed by atoms with van der Waals surface area (Å²) in [4.78, 5) is 29.2. The number of benzene rings is 2. The Kier molecular flexibility index (Phi) is 6.45. The van der Waals surface area contributed by atoms with Gasteiger partial charge in [-0.15, -0.1) is 0 Å². The molecule has 1 aliphatic heterocycles. The molecule has 3 heterocycles. The number of aromatic amines is 2. The molecule has 2 aromatic carbocycles. The van der Waals surface area contributed by atoms with Crippen molar-refractivity contribution in [2.24, 2.45) is 0 Å². The fraction of sp³-hybridized carbons (Fsp3) is 0.217. The van der Waals surface area contributed by atoms with E-state index in [1.54, 1.807) is 19.4 Å². The van der Waals surface area contributed by atoms with Gasteiger partial charge in [0.2, 0.25) is 0 Å². The van der Waals surface area contributed by atoms with Gasteiger partial charge in [-0.05, 0) is 47.9 Å². The van der Waals surface area contributed by atoms with Gasteiger partial charge in [-0.25, -0.2) is 9.78 Å². The number of carbonyl (C=O) groups is 1. The van der Waals surface area contributed by atoms with E-state index in [2.05, 4.69) is 15.2 Å². The van der Waals surface area contributed by atoms with Crippen molar-refractivity contribution in [1.29, 1.82) is 0 Å². The van der Waals surface area contributed by atoms with Crippen LogP contribution in [-0.4, -0.2) is 51.1 Å². The molecule has 3 N–H and O–H groups in total. The maximum atomic E-state index is 12.6. The number of carboxylic acids is 1. The van der Waals surface area contributed by atoms with Gasteiger partial charge < -0.3 is 19.6 Å². The Morgan fingerprint density at radius 1 is 1.20 bits per heavy atom. The van der Waals surface area contributed by atoms with Gasteiger partial charge in [0, 0.05) is 11.8 Å².